The number of carbonyl (C=O) groups is 2. The van der Waals surface area contributed by atoms with E-state index in [1.165, 1.54) is 0 Å². The summed E-state index contributed by atoms with van der Waals surface area (Å²) in [6.07, 6.45) is 1.33. The Morgan fingerprint density at radius 1 is 1.35 bits per heavy atom. The number of hydrogen-bond donors (Lipinski definition) is 2. The third-order valence-electron chi connectivity index (χ3n) is 3.52. The van der Waals surface area contributed by atoms with Gasteiger partial charge in [-0.25, -0.2) is 0 Å². The van der Waals surface area contributed by atoms with Crippen LogP contribution in [0, 0.1) is 0 Å². The minimum atomic E-state index is -0.733. The molecule has 2 fully saturated rings. The first-order valence-corrected chi connectivity index (χ1v) is 6.00. The first kappa shape index (κ1) is 12.3. The number of piperidine rings is 1. The van der Waals surface area contributed by atoms with E-state index in [4.69, 9.17) is 4.74 Å². The molecule has 2 amide bonds. The van der Waals surface area contributed by atoms with Gasteiger partial charge in [-0.3, -0.25) is 9.59 Å². The topological polar surface area (TPSA) is 70.7 Å². The molecule has 2 aliphatic heterocycles. The largest absolute Gasteiger partial charge is 0.368 e. The molecule has 2 rings (SSSR count). The van der Waals surface area contributed by atoms with Crippen molar-refractivity contribution < 1.29 is 14.3 Å². The molecule has 0 saturated carbocycles. The van der Waals surface area contributed by atoms with Crippen LogP contribution >= 0.6 is 0 Å². The smallest absolute Gasteiger partial charge is 0.255 e. The van der Waals surface area contributed by atoms with Gasteiger partial charge < -0.3 is 20.3 Å². The summed E-state index contributed by atoms with van der Waals surface area (Å²) in [5.41, 5.74) is -0.733. The molecule has 2 saturated heterocycles. The maximum atomic E-state index is 12.4. The molecule has 0 bridgehead atoms. The predicted octanol–water partition coefficient (Wildman–Crippen LogP) is -1.29. The van der Waals surface area contributed by atoms with E-state index in [1.54, 1.807) is 12.0 Å². The van der Waals surface area contributed by atoms with Gasteiger partial charge in [0, 0.05) is 20.2 Å². The van der Waals surface area contributed by atoms with Crippen molar-refractivity contribution in [3.05, 3.63) is 0 Å². The van der Waals surface area contributed by atoms with Crippen LogP contribution in [0.15, 0.2) is 0 Å². The third kappa shape index (κ3) is 2.42. The SMILES string of the molecule is COC1(C(=O)N2CCNC(=O)C2)CCNCC1. The summed E-state index contributed by atoms with van der Waals surface area (Å²) in [5, 5.41) is 5.92. The van der Waals surface area contributed by atoms with Crippen molar-refractivity contribution in [1.29, 1.82) is 0 Å². The number of nitrogens with one attached hydrogen (secondary N) is 2. The summed E-state index contributed by atoms with van der Waals surface area (Å²) in [4.78, 5) is 25.3. The Balaban J connectivity index is 2.08. The molecule has 0 aromatic carbocycles. The molecule has 0 aromatic heterocycles. The maximum absolute atomic E-state index is 12.4. The van der Waals surface area contributed by atoms with E-state index >= 15 is 0 Å². The summed E-state index contributed by atoms with van der Waals surface area (Å²) in [6, 6.07) is 0. The molecular weight excluding hydrogens is 222 g/mol. The van der Waals surface area contributed by atoms with Crippen molar-refractivity contribution in [1.82, 2.24) is 15.5 Å². The lowest BCUT2D eigenvalue weighted by Gasteiger charge is -2.39. The van der Waals surface area contributed by atoms with E-state index < -0.39 is 5.60 Å². The van der Waals surface area contributed by atoms with Gasteiger partial charge in [0.25, 0.3) is 5.91 Å². The Kier molecular flexibility index (Phi) is 3.63. The molecule has 2 aliphatic rings. The zero-order valence-electron chi connectivity index (χ0n) is 10.1. The van der Waals surface area contributed by atoms with E-state index in [-0.39, 0.29) is 18.4 Å². The van der Waals surface area contributed by atoms with Gasteiger partial charge in [0.05, 0.1) is 6.54 Å². The Labute approximate surface area is 101 Å². The average Bonchev–Trinajstić information content (AvgIpc) is 2.38. The zero-order chi connectivity index (χ0) is 12.3. The van der Waals surface area contributed by atoms with Crippen LogP contribution < -0.4 is 10.6 Å². The van der Waals surface area contributed by atoms with Crippen LogP contribution in [0.4, 0.5) is 0 Å². The molecule has 2 heterocycles. The van der Waals surface area contributed by atoms with Crippen LogP contribution in [0.3, 0.4) is 0 Å². The number of piperazine rings is 1. The highest BCUT2D eigenvalue weighted by Gasteiger charge is 2.43. The van der Waals surface area contributed by atoms with Crippen LogP contribution in [0.2, 0.25) is 0 Å². The van der Waals surface area contributed by atoms with Crippen LogP contribution in [-0.4, -0.2) is 62.1 Å². The fourth-order valence-electron chi connectivity index (χ4n) is 2.44. The van der Waals surface area contributed by atoms with Crippen LogP contribution in [-0.2, 0) is 14.3 Å². The molecule has 2 N–H and O–H groups in total. The van der Waals surface area contributed by atoms with Crippen molar-refractivity contribution >= 4 is 11.8 Å². The molecule has 0 radical (unpaired) electrons. The Morgan fingerprint density at radius 2 is 2.06 bits per heavy atom. The van der Waals surface area contributed by atoms with E-state index in [0.717, 1.165) is 13.1 Å². The molecule has 17 heavy (non-hydrogen) atoms. The van der Waals surface area contributed by atoms with Gasteiger partial charge >= 0.3 is 0 Å². The number of nitrogens with zero attached hydrogens (tertiary/aromatic N) is 1. The number of rotatable bonds is 2. The third-order valence-corrected chi connectivity index (χ3v) is 3.52. The van der Waals surface area contributed by atoms with Crippen molar-refractivity contribution in [2.75, 3.05) is 39.8 Å². The van der Waals surface area contributed by atoms with Crippen molar-refractivity contribution in [3.63, 3.8) is 0 Å². The lowest BCUT2D eigenvalue weighted by Crippen LogP contribution is -2.59. The Bertz CT molecular complexity index is 313. The summed E-state index contributed by atoms with van der Waals surface area (Å²) in [6.45, 7) is 2.81. The molecular formula is C11H19N3O3. The highest BCUT2D eigenvalue weighted by atomic mass is 16.5. The lowest BCUT2D eigenvalue weighted by atomic mass is 9.90. The van der Waals surface area contributed by atoms with Crippen LogP contribution in [0.25, 0.3) is 0 Å². The summed E-state index contributed by atoms with van der Waals surface area (Å²) < 4.78 is 5.47. The van der Waals surface area contributed by atoms with Crippen molar-refractivity contribution in [3.8, 4) is 0 Å². The van der Waals surface area contributed by atoms with E-state index in [9.17, 15) is 9.59 Å². The van der Waals surface area contributed by atoms with Gasteiger partial charge in [0.15, 0.2) is 0 Å². The van der Waals surface area contributed by atoms with Crippen LogP contribution in [0.1, 0.15) is 12.8 Å². The number of amides is 2. The second-order valence-corrected chi connectivity index (χ2v) is 4.53. The molecule has 0 unspecified atom stereocenters. The van der Waals surface area contributed by atoms with Gasteiger partial charge in [-0.05, 0) is 25.9 Å². The van der Waals surface area contributed by atoms with E-state index in [2.05, 4.69) is 10.6 Å². The Hall–Kier alpha value is -1.14. The van der Waals surface area contributed by atoms with Crippen molar-refractivity contribution in [2.45, 2.75) is 18.4 Å². The highest BCUT2D eigenvalue weighted by molar-refractivity contribution is 5.90. The minimum absolute atomic E-state index is 0.0450. The number of methoxy groups -OCH3 is 1. The quantitative estimate of drug-likeness (QED) is 0.631. The highest BCUT2D eigenvalue weighted by Crippen LogP contribution is 2.25. The minimum Gasteiger partial charge on any atom is -0.368 e. The fraction of sp³-hybridized carbons (Fsp3) is 0.818. The second kappa shape index (κ2) is 5.01. The summed E-state index contributed by atoms with van der Waals surface area (Å²) >= 11 is 0. The molecule has 96 valence electrons. The normalized spacial score (nSPS) is 24.3. The molecule has 6 nitrogen and oxygen atoms in total. The zero-order valence-corrected chi connectivity index (χ0v) is 10.1. The van der Waals surface area contributed by atoms with Gasteiger partial charge in [-0.15, -0.1) is 0 Å². The second-order valence-electron chi connectivity index (χ2n) is 4.53. The summed E-state index contributed by atoms with van der Waals surface area (Å²) in [5.74, 6) is -0.138. The lowest BCUT2D eigenvalue weighted by molar-refractivity contribution is -0.161. The van der Waals surface area contributed by atoms with Gasteiger partial charge in [-0.2, -0.15) is 0 Å². The fourth-order valence-corrected chi connectivity index (χ4v) is 2.44. The molecule has 0 spiro atoms. The molecule has 0 aliphatic carbocycles. The average molecular weight is 241 g/mol. The molecule has 0 atom stereocenters. The van der Waals surface area contributed by atoms with Gasteiger partial charge in [0.1, 0.15) is 5.60 Å². The van der Waals surface area contributed by atoms with E-state index in [0.29, 0.717) is 25.9 Å². The van der Waals surface area contributed by atoms with Gasteiger partial charge in [0.2, 0.25) is 5.91 Å². The predicted molar refractivity (Wildman–Crippen MR) is 61.4 cm³/mol. The monoisotopic (exact) mass is 241 g/mol. The first-order chi connectivity index (χ1) is 8.18. The number of ether oxygens (including phenoxy) is 1. The number of hydrogen-bond acceptors (Lipinski definition) is 4. The first-order valence-electron chi connectivity index (χ1n) is 6.00. The van der Waals surface area contributed by atoms with Gasteiger partial charge in [-0.1, -0.05) is 0 Å². The van der Waals surface area contributed by atoms with Crippen molar-refractivity contribution in [2.24, 2.45) is 0 Å². The maximum Gasteiger partial charge on any atom is 0.255 e. The van der Waals surface area contributed by atoms with Crippen LogP contribution in [0.5, 0.6) is 0 Å². The summed E-state index contributed by atoms with van der Waals surface area (Å²) in [7, 11) is 1.58. The van der Waals surface area contributed by atoms with E-state index in [1.807, 2.05) is 0 Å². The standard InChI is InChI=1S/C11H19N3O3/c1-17-11(2-4-12-5-3-11)10(16)14-7-6-13-9(15)8-14/h12H,2-8H2,1H3,(H,13,15). The number of carbonyl (C=O) groups excluding carboxylic acids is 2. The Morgan fingerprint density at radius 3 is 2.65 bits per heavy atom. The molecule has 6 heteroatoms. The molecule has 0 aromatic rings.